The largest absolute Gasteiger partial charge is 0.545 e. The molecule has 7 rings (SSSR count). The number of hydrogen-bond acceptors (Lipinski definition) is 8. The Labute approximate surface area is 305 Å². The lowest BCUT2D eigenvalue weighted by atomic mass is 9.80. The topological polar surface area (TPSA) is 115 Å². The molecule has 10 nitrogen and oxygen atoms in total. The number of carboxylic acids is 1. The highest BCUT2D eigenvalue weighted by Crippen LogP contribution is 2.41. The van der Waals surface area contributed by atoms with Crippen LogP contribution >= 0.6 is 34.8 Å². The third kappa shape index (κ3) is 7.58. The molecule has 2 bridgehead atoms. The molecule has 0 spiro atoms. The summed E-state index contributed by atoms with van der Waals surface area (Å²) in [6.07, 6.45) is 3.78. The van der Waals surface area contributed by atoms with E-state index in [2.05, 4.69) is 4.90 Å². The molecule has 3 saturated heterocycles. The summed E-state index contributed by atoms with van der Waals surface area (Å²) in [5.74, 6) is -0.960. The molecule has 2 atom stereocenters. The standard InChI is InChI=1S/C37H36Cl3N3O7/c1-48-32-10-9-23(15-33(32)49-2)28(17-29-30(39)19-42(47)20-31(29)40)35-24(5-3-8-27(35)36(44)45)18-43(26-7-4-6-25(38)16-26)37(46)50-34-21-41-13-11-22(34)12-14-41/h3-10,15-16,19-20,22,28,34H,11-14,17-18,21H2,1-2H3,(H-,44,45,47)/t28-,34-/m0/s1. The Kier molecular flexibility index (Phi) is 10.9. The predicted octanol–water partition coefficient (Wildman–Crippen LogP) is 6.16. The number of carbonyl (C=O) groups is 2. The van der Waals surface area contributed by atoms with Gasteiger partial charge in [0.1, 0.15) is 16.1 Å². The van der Waals surface area contributed by atoms with Crippen molar-refractivity contribution in [3.05, 3.63) is 116 Å². The fourth-order valence-corrected chi connectivity index (χ4v) is 7.84. The van der Waals surface area contributed by atoms with E-state index in [1.807, 2.05) is 0 Å². The van der Waals surface area contributed by atoms with E-state index in [4.69, 9.17) is 49.0 Å². The van der Waals surface area contributed by atoms with Gasteiger partial charge in [-0.3, -0.25) is 15.0 Å². The third-order valence-corrected chi connectivity index (χ3v) is 10.5. The van der Waals surface area contributed by atoms with Crippen molar-refractivity contribution in [3.63, 3.8) is 0 Å². The van der Waals surface area contributed by atoms with E-state index in [9.17, 15) is 19.9 Å². The Morgan fingerprint density at radius 2 is 1.68 bits per heavy atom. The molecule has 50 heavy (non-hydrogen) atoms. The van der Waals surface area contributed by atoms with E-state index in [1.165, 1.54) is 37.6 Å². The second kappa shape index (κ2) is 15.3. The average molecular weight is 741 g/mol. The molecule has 3 aliphatic heterocycles. The molecule has 262 valence electrons. The van der Waals surface area contributed by atoms with Crippen molar-refractivity contribution < 1.29 is 38.8 Å². The first kappa shape index (κ1) is 35.6. The summed E-state index contributed by atoms with van der Waals surface area (Å²) in [5, 5.41) is 23.7. The molecule has 4 aromatic rings. The molecule has 0 unspecified atom stereocenters. The van der Waals surface area contributed by atoms with Crippen LogP contribution in [0, 0.1) is 5.92 Å². The summed E-state index contributed by atoms with van der Waals surface area (Å²) < 4.78 is 18.0. The van der Waals surface area contributed by atoms with E-state index >= 15 is 0 Å². The van der Waals surface area contributed by atoms with Gasteiger partial charge in [-0.1, -0.05) is 65.1 Å². The molecule has 1 aromatic heterocycles. The highest BCUT2D eigenvalue weighted by Gasteiger charge is 2.38. The molecule has 3 aliphatic rings. The van der Waals surface area contributed by atoms with Gasteiger partial charge in [-0.2, -0.15) is 0 Å². The second-order valence-electron chi connectivity index (χ2n) is 12.5. The molecule has 0 saturated carbocycles. The predicted molar refractivity (Wildman–Crippen MR) is 187 cm³/mol. The van der Waals surface area contributed by atoms with Crippen LogP contribution in [0.15, 0.2) is 73.1 Å². The van der Waals surface area contributed by atoms with Gasteiger partial charge in [0.2, 0.25) is 12.4 Å². The highest BCUT2D eigenvalue weighted by atomic mass is 35.5. The zero-order valence-corrected chi connectivity index (χ0v) is 29.8. The lowest BCUT2D eigenvalue weighted by molar-refractivity contribution is -0.904. The number of fused-ring (bicyclic) bond motifs is 3. The maximum Gasteiger partial charge on any atom is 0.414 e. The minimum Gasteiger partial charge on any atom is -0.545 e. The first-order chi connectivity index (χ1) is 24.1. The number of ether oxygens (including phenoxy) is 3. The average Bonchev–Trinajstić information content (AvgIpc) is 3.10. The minimum absolute atomic E-state index is 0.0621. The van der Waals surface area contributed by atoms with E-state index in [0.29, 0.717) is 51.0 Å². The van der Waals surface area contributed by atoms with Crippen molar-refractivity contribution in [1.82, 2.24) is 4.90 Å². The van der Waals surface area contributed by atoms with Crippen LogP contribution in [0.2, 0.25) is 15.1 Å². The fraction of sp³-hybridized carbons (Fsp3) is 0.324. The Bertz CT molecular complexity index is 1880. The first-order valence-corrected chi connectivity index (χ1v) is 17.3. The van der Waals surface area contributed by atoms with Crippen LogP contribution in [0.4, 0.5) is 10.5 Å². The molecule has 4 heterocycles. The second-order valence-corrected chi connectivity index (χ2v) is 13.7. The number of amides is 1. The zero-order valence-electron chi connectivity index (χ0n) is 27.5. The van der Waals surface area contributed by atoms with Gasteiger partial charge in [0.05, 0.1) is 26.7 Å². The normalized spacial score (nSPS) is 18.7. The van der Waals surface area contributed by atoms with Crippen molar-refractivity contribution in [2.75, 3.05) is 38.8 Å². The van der Waals surface area contributed by atoms with Crippen LogP contribution in [0.25, 0.3) is 0 Å². The zero-order chi connectivity index (χ0) is 35.5. The number of nitrogens with zero attached hydrogens (tertiary/aromatic N) is 3. The van der Waals surface area contributed by atoms with Gasteiger partial charge in [0.15, 0.2) is 11.5 Å². The number of pyridine rings is 1. The molecule has 13 heteroatoms. The van der Waals surface area contributed by atoms with Crippen molar-refractivity contribution >= 4 is 52.6 Å². The number of carboxylic acid groups (broad SMARTS) is 1. The van der Waals surface area contributed by atoms with Gasteiger partial charge < -0.3 is 24.1 Å². The lowest BCUT2D eigenvalue weighted by Gasteiger charge is -2.44. The van der Waals surface area contributed by atoms with Gasteiger partial charge in [0.25, 0.3) is 0 Å². The van der Waals surface area contributed by atoms with E-state index < -0.39 is 18.0 Å². The SMILES string of the molecule is COc1ccc([C@H](Cc2c(Cl)c[n+](O)cc2Cl)c2c(CN(C(=O)O[C@H]3CN4CCC3CC4)c3cccc(Cl)c3)cccc2C(=O)[O-])cc1OC. The smallest absolute Gasteiger partial charge is 0.414 e. The molecule has 3 fully saturated rings. The molecule has 0 aliphatic carbocycles. The van der Waals surface area contributed by atoms with Gasteiger partial charge in [-0.05, 0) is 85.3 Å². The van der Waals surface area contributed by atoms with E-state index in [1.54, 1.807) is 54.6 Å². The van der Waals surface area contributed by atoms with E-state index in [0.717, 1.165) is 30.7 Å². The number of rotatable bonds is 11. The number of hydrogen-bond donors (Lipinski definition) is 1. The van der Waals surface area contributed by atoms with E-state index in [-0.39, 0.29) is 40.6 Å². The Balaban J connectivity index is 1.49. The van der Waals surface area contributed by atoms with Gasteiger partial charge in [0, 0.05) is 39.0 Å². The highest BCUT2D eigenvalue weighted by molar-refractivity contribution is 6.35. The number of halogens is 3. The molecular formula is C37H36Cl3N3O7. The number of aromatic carboxylic acids is 1. The van der Waals surface area contributed by atoms with Crippen molar-refractivity contribution in [1.29, 1.82) is 0 Å². The van der Waals surface area contributed by atoms with Crippen LogP contribution < -0.4 is 24.2 Å². The van der Waals surface area contributed by atoms with Gasteiger partial charge in [-0.25, -0.2) is 4.79 Å². The number of aromatic nitrogens is 1. The maximum atomic E-state index is 14.2. The van der Waals surface area contributed by atoms with Crippen molar-refractivity contribution in [2.24, 2.45) is 5.92 Å². The quantitative estimate of drug-likeness (QED) is 0.144. The Morgan fingerprint density at radius 1 is 0.980 bits per heavy atom. The summed E-state index contributed by atoms with van der Waals surface area (Å²) >= 11 is 19.7. The molecule has 0 radical (unpaired) electrons. The summed E-state index contributed by atoms with van der Waals surface area (Å²) in [6.45, 7) is 2.58. The van der Waals surface area contributed by atoms with Crippen LogP contribution in [0.5, 0.6) is 11.5 Å². The number of carbonyl (C=O) groups excluding carboxylic acids is 2. The van der Waals surface area contributed by atoms with Crippen LogP contribution in [0.3, 0.4) is 0 Å². The number of piperidine rings is 3. The summed E-state index contributed by atoms with van der Waals surface area (Å²) in [6, 6.07) is 17.0. The fourth-order valence-electron chi connectivity index (χ4n) is 7.05. The van der Waals surface area contributed by atoms with Crippen LogP contribution in [-0.2, 0) is 17.7 Å². The maximum absolute atomic E-state index is 14.2. The summed E-state index contributed by atoms with van der Waals surface area (Å²) in [7, 11) is 3.03. The van der Waals surface area contributed by atoms with Crippen LogP contribution in [0.1, 0.15) is 51.4 Å². The molecule has 1 amide bonds. The molecule has 3 aromatic carbocycles. The number of benzene rings is 3. The number of methoxy groups -OCH3 is 2. The van der Waals surface area contributed by atoms with Gasteiger partial charge >= 0.3 is 6.09 Å². The summed E-state index contributed by atoms with van der Waals surface area (Å²) in [4.78, 5) is 30.8. The number of anilines is 1. The van der Waals surface area contributed by atoms with Crippen LogP contribution in [-0.4, -0.2) is 62.1 Å². The summed E-state index contributed by atoms with van der Waals surface area (Å²) in [5.41, 5.74) is 2.39. The Morgan fingerprint density at radius 3 is 2.30 bits per heavy atom. The Hall–Kier alpha value is -4.22. The molecule has 1 N–H and O–H groups in total. The first-order valence-electron chi connectivity index (χ1n) is 16.2. The lowest BCUT2D eigenvalue weighted by Crippen LogP contribution is -2.53. The third-order valence-electron chi connectivity index (χ3n) is 9.57. The monoisotopic (exact) mass is 739 g/mol. The van der Waals surface area contributed by atoms with Crippen molar-refractivity contribution in [3.8, 4) is 11.5 Å². The minimum atomic E-state index is -1.41. The van der Waals surface area contributed by atoms with Gasteiger partial charge in [-0.15, -0.1) is 0 Å². The van der Waals surface area contributed by atoms with Crippen molar-refractivity contribution in [2.45, 2.75) is 37.8 Å². The molecular weight excluding hydrogens is 705 g/mol.